The maximum absolute atomic E-state index is 12.5. The fraction of sp³-hybridized carbons (Fsp3) is 0.444. The van der Waals surface area contributed by atoms with Crippen LogP contribution in [0.5, 0.6) is 5.75 Å². The Balaban J connectivity index is 1.73. The summed E-state index contributed by atoms with van der Waals surface area (Å²) < 4.78 is 11.1. The van der Waals surface area contributed by atoms with Crippen LogP contribution in [0.3, 0.4) is 0 Å². The molecule has 0 spiro atoms. The molecule has 6 heteroatoms. The molecule has 1 aromatic carbocycles. The molecule has 1 aromatic heterocycles. The SMILES string of the molecule is COc1cccc2c(SCC(=O)N3C[C@H](C)O[C@@H](C)C3)nccc12. The Bertz CT molecular complexity index is 727. The number of nitrogens with zero attached hydrogens (tertiary/aromatic N) is 2. The van der Waals surface area contributed by atoms with Gasteiger partial charge in [0.15, 0.2) is 0 Å². The predicted molar refractivity (Wildman–Crippen MR) is 95.6 cm³/mol. The average Bonchev–Trinajstić information content (AvgIpc) is 2.58. The lowest BCUT2D eigenvalue weighted by molar-refractivity contribution is -0.140. The van der Waals surface area contributed by atoms with Gasteiger partial charge in [0.05, 0.1) is 25.1 Å². The topological polar surface area (TPSA) is 51.7 Å². The number of carbonyl (C=O) groups is 1. The molecule has 0 unspecified atom stereocenters. The second-order valence-corrected chi connectivity index (χ2v) is 6.98. The Morgan fingerprint density at radius 2 is 2.04 bits per heavy atom. The summed E-state index contributed by atoms with van der Waals surface area (Å²) in [5.41, 5.74) is 0. The number of aromatic nitrogens is 1. The number of pyridine rings is 1. The number of hydrogen-bond acceptors (Lipinski definition) is 5. The first-order chi connectivity index (χ1) is 11.6. The van der Waals surface area contributed by atoms with Crippen molar-refractivity contribution in [2.45, 2.75) is 31.1 Å². The molecular weight excluding hydrogens is 324 g/mol. The van der Waals surface area contributed by atoms with Crippen LogP contribution in [0, 0.1) is 0 Å². The lowest BCUT2D eigenvalue weighted by Crippen LogP contribution is -2.48. The van der Waals surface area contributed by atoms with Crippen molar-refractivity contribution in [3.63, 3.8) is 0 Å². The summed E-state index contributed by atoms with van der Waals surface area (Å²) in [6, 6.07) is 7.82. The van der Waals surface area contributed by atoms with Gasteiger partial charge in [0, 0.05) is 30.1 Å². The van der Waals surface area contributed by atoms with Crippen LogP contribution in [0.4, 0.5) is 0 Å². The van der Waals surface area contributed by atoms with Crippen molar-refractivity contribution in [2.24, 2.45) is 0 Å². The Morgan fingerprint density at radius 1 is 1.29 bits per heavy atom. The molecule has 0 aliphatic carbocycles. The van der Waals surface area contributed by atoms with Crippen LogP contribution in [0.1, 0.15) is 13.8 Å². The Hall–Kier alpha value is -1.79. The molecule has 2 heterocycles. The number of hydrogen-bond donors (Lipinski definition) is 0. The number of fused-ring (bicyclic) bond motifs is 1. The van der Waals surface area contributed by atoms with Crippen LogP contribution >= 0.6 is 11.8 Å². The molecule has 0 radical (unpaired) electrons. The summed E-state index contributed by atoms with van der Waals surface area (Å²) in [6.07, 6.45) is 1.93. The Morgan fingerprint density at radius 3 is 2.75 bits per heavy atom. The van der Waals surface area contributed by atoms with Gasteiger partial charge in [-0.15, -0.1) is 0 Å². The van der Waals surface area contributed by atoms with Crippen molar-refractivity contribution in [3.05, 3.63) is 30.5 Å². The van der Waals surface area contributed by atoms with Crippen LogP contribution in [0.2, 0.25) is 0 Å². The fourth-order valence-corrected chi connectivity index (χ4v) is 3.96. The molecule has 0 bridgehead atoms. The van der Waals surface area contributed by atoms with Crippen molar-refractivity contribution in [1.29, 1.82) is 0 Å². The summed E-state index contributed by atoms with van der Waals surface area (Å²) in [6.45, 7) is 5.31. The molecule has 128 valence electrons. The lowest BCUT2D eigenvalue weighted by Gasteiger charge is -2.35. The summed E-state index contributed by atoms with van der Waals surface area (Å²) >= 11 is 1.47. The smallest absolute Gasteiger partial charge is 0.233 e. The van der Waals surface area contributed by atoms with E-state index in [4.69, 9.17) is 9.47 Å². The van der Waals surface area contributed by atoms with E-state index in [2.05, 4.69) is 4.98 Å². The number of ether oxygens (including phenoxy) is 2. The number of amides is 1. The quantitative estimate of drug-likeness (QED) is 0.797. The van der Waals surface area contributed by atoms with E-state index >= 15 is 0 Å². The summed E-state index contributed by atoms with van der Waals surface area (Å²) in [5.74, 6) is 1.32. The minimum absolute atomic E-state index is 0.0858. The van der Waals surface area contributed by atoms with E-state index in [1.165, 1.54) is 11.8 Å². The highest BCUT2D eigenvalue weighted by atomic mass is 32.2. The van der Waals surface area contributed by atoms with E-state index in [0.717, 1.165) is 21.5 Å². The van der Waals surface area contributed by atoms with Gasteiger partial charge in [-0.3, -0.25) is 4.79 Å². The minimum Gasteiger partial charge on any atom is -0.496 e. The highest BCUT2D eigenvalue weighted by Crippen LogP contribution is 2.31. The van der Waals surface area contributed by atoms with Crippen molar-refractivity contribution >= 4 is 28.4 Å². The number of benzene rings is 1. The maximum Gasteiger partial charge on any atom is 0.233 e. The molecule has 0 saturated carbocycles. The summed E-state index contributed by atoms with van der Waals surface area (Å²) in [4.78, 5) is 18.8. The first-order valence-electron chi connectivity index (χ1n) is 8.06. The first kappa shape index (κ1) is 17.0. The highest BCUT2D eigenvalue weighted by molar-refractivity contribution is 8.00. The maximum atomic E-state index is 12.5. The van der Waals surface area contributed by atoms with Gasteiger partial charge in [0.25, 0.3) is 0 Å². The molecule has 2 aromatic rings. The Kier molecular flexibility index (Phi) is 5.26. The zero-order valence-electron chi connectivity index (χ0n) is 14.2. The van der Waals surface area contributed by atoms with Gasteiger partial charge in [-0.1, -0.05) is 23.9 Å². The van der Waals surface area contributed by atoms with Gasteiger partial charge in [0.1, 0.15) is 10.8 Å². The number of rotatable bonds is 4. The van der Waals surface area contributed by atoms with Gasteiger partial charge in [-0.05, 0) is 26.0 Å². The molecule has 1 fully saturated rings. The van der Waals surface area contributed by atoms with E-state index in [1.54, 1.807) is 13.3 Å². The van der Waals surface area contributed by atoms with Gasteiger partial charge in [0.2, 0.25) is 5.91 Å². The molecular formula is C18H22N2O3S. The third-order valence-corrected chi connectivity index (χ3v) is 5.04. The van der Waals surface area contributed by atoms with Crippen molar-refractivity contribution in [2.75, 3.05) is 26.0 Å². The Labute approximate surface area is 146 Å². The van der Waals surface area contributed by atoms with Gasteiger partial charge in [-0.25, -0.2) is 4.98 Å². The third kappa shape index (κ3) is 3.65. The van der Waals surface area contributed by atoms with E-state index in [9.17, 15) is 4.79 Å². The third-order valence-electron chi connectivity index (χ3n) is 4.05. The zero-order chi connectivity index (χ0) is 17.1. The molecule has 0 N–H and O–H groups in total. The molecule has 5 nitrogen and oxygen atoms in total. The second-order valence-electron chi connectivity index (χ2n) is 6.02. The number of methoxy groups -OCH3 is 1. The molecule has 1 aliphatic heterocycles. The van der Waals surface area contributed by atoms with Crippen molar-refractivity contribution in [3.8, 4) is 5.75 Å². The van der Waals surface area contributed by atoms with Crippen LogP contribution in [-0.4, -0.2) is 54.0 Å². The molecule has 1 amide bonds. The van der Waals surface area contributed by atoms with Crippen molar-refractivity contribution in [1.82, 2.24) is 9.88 Å². The summed E-state index contributed by atoms with van der Waals surface area (Å²) in [5, 5.41) is 2.88. The average molecular weight is 346 g/mol. The van der Waals surface area contributed by atoms with Crippen LogP contribution in [0.15, 0.2) is 35.5 Å². The van der Waals surface area contributed by atoms with E-state index in [1.807, 2.05) is 43.0 Å². The minimum atomic E-state index is 0.0858. The number of thioether (sulfide) groups is 1. The van der Waals surface area contributed by atoms with E-state index in [0.29, 0.717) is 18.8 Å². The van der Waals surface area contributed by atoms with E-state index < -0.39 is 0 Å². The fourth-order valence-electron chi connectivity index (χ4n) is 3.05. The highest BCUT2D eigenvalue weighted by Gasteiger charge is 2.25. The predicted octanol–water partition coefficient (Wildman–Crippen LogP) is 2.97. The number of morpholine rings is 1. The lowest BCUT2D eigenvalue weighted by atomic mass is 10.1. The van der Waals surface area contributed by atoms with Gasteiger partial charge in [-0.2, -0.15) is 0 Å². The second kappa shape index (κ2) is 7.40. The zero-order valence-corrected chi connectivity index (χ0v) is 15.0. The van der Waals surface area contributed by atoms with Crippen molar-refractivity contribution < 1.29 is 14.3 Å². The van der Waals surface area contributed by atoms with Crippen LogP contribution < -0.4 is 4.74 Å². The van der Waals surface area contributed by atoms with Gasteiger partial charge < -0.3 is 14.4 Å². The molecule has 1 aliphatic rings. The first-order valence-corrected chi connectivity index (χ1v) is 9.04. The standard InChI is InChI=1S/C18H22N2O3S/c1-12-9-20(10-13(2)23-12)17(21)11-24-18-15-5-4-6-16(22-3)14(15)7-8-19-18/h4-8,12-13H,9-11H2,1-3H3/t12-,13-/m0/s1. The monoisotopic (exact) mass is 346 g/mol. The van der Waals surface area contributed by atoms with E-state index in [-0.39, 0.29) is 18.1 Å². The summed E-state index contributed by atoms with van der Waals surface area (Å²) in [7, 11) is 1.66. The molecule has 1 saturated heterocycles. The van der Waals surface area contributed by atoms with Crippen LogP contribution in [0.25, 0.3) is 10.8 Å². The molecule has 24 heavy (non-hydrogen) atoms. The normalized spacial score (nSPS) is 21.0. The molecule has 2 atom stereocenters. The largest absolute Gasteiger partial charge is 0.496 e. The molecule has 3 rings (SSSR count). The number of carbonyl (C=O) groups excluding carboxylic acids is 1. The van der Waals surface area contributed by atoms with Gasteiger partial charge >= 0.3 is 0 Å². The van der Waals surface area contributed by atoms with Crippen LogP contribution in [-0.2, 0) is 9.53 Å².